The largest absolute Gasteiger partial charge is 0.497 e. The van der Waals surface area contributed by atoms with Crippen molar-refractivity contribution in [2.45, 2.75) is 12.8 Å². The highest BCUT2D eigenvalue weighted by molar-refractivity contribution is 9.10. The van der Waals surface area contributed by atoms with Crippen LogP contribution in [0.3, 0.4) is 0 Å². The summed E-state index contributed by atoms with van der Waals surface area (Å²) in [5.74, 6) is 2.12. The second kappa shape index (κ2) is 7.85. The predicted octanol–water partition coefficient (Wildman–Crippen LogP) is 4.01. The highest BCUT2D eigenvalue weighted by atomic mass is 79.9. The van der Waals surface area contributed by atoms with Crippen LogP contribution in [0.25, 0.3) is 0 Å². The van der Waals surface area contributed by atoms with E-state index >= 15 is 0 Å². The third-order valence-electron chi connectivity index (χ3n) is 2.26. The van der Waals surface area contributed by atoms with Crippen LogP contribution in [0.2, 0.25) is 0 Å². The van der Waals surface area contributed by atoms with Gasteiger partial charge in [0.15, 0.2) is 0 Å². The first-order valence-electron chi connectivity index (χ1n) is 5.34. The molecule has 1 rings (SSSR count). The van der Waals surface area contributed by atoms with Gasteiger partial charge in [-0.1, -0.05) is 0 Å². The number of hydrogen-bond acceptors (Lipinski definition) is 3. The van der Waals surface area contributed by atoms with Crippen LogP contribution < -0.4 is 10.1 Å². The van der Waals surface area contributed by atoms with Gasteiger partial charge in [0, 0.05) is 17.1 Å². The zero-order valence-corrected chi connectivity index (χ0v) is 12.2. The maximum Gasteiger partial charge on any atom is 0.121 e. The van der Waals surface area contributed by atoms with E-state index in [2.05, 4.69) is 27.5 Å². The Morgan fingerprint density at radius 3 is 2.88 bits per heavy atom. The zero-order chi connectivity index (χ0) is 11.8. The summed E-state index contributed by atoms with van der Waals surface area (Å²) in [4.78, 5) is 0. The smallest absolute Gasteiger partial charge is 0.121 e. The van der Waals surface area contributed by atoms with Crippen LogP contribution in [0, 0.1) is 0 Å². The van der Waals surface area contributed by atoms with Gasteiger partial charge in [0.25, 0.3) is 0 Å². The molecule has 1 aromatic rings. The number of halogens is 1. The molecule has 0 saturated heterocycles. The van der Waals surface area contributed by atoms with Crippen LogP contribution in [0.1, 0.15) is 12.8 Å². The molecule has 0 bridgehead atoms. The van der Waals surface area contributed by atoms with Crippen molar-refractivity contribution in [3.63, 3.8) is 0 Å². The van der Waals surface area contributed by atoms with Crippen molar-refractivity contribution in [2.75, 3.05) is 31.0 Å². The van der Waals surface area contributed by atoms with Gasteiger partial charge in [-0.05, 0) is 52.9 Å². The van der Waals surface area contributed by atoms with Gasteiger partial charge in [-0.3, -0.25) is 0 Å². The number of benzene rings is 1. The highest BCUT2D eigenvalue weighted by Crippen LogP contribution is 2.26. The van der Waals surface area contributed by atoms with Crippen LogP contribution in [-0.2, 0) is 0 Å². The quantitative estimate of drug-likeness (QED) is 0.769. The van der Waals surface area contributed by atoms with Crippen LogP contribution in [0.15, 0.2) is 22.7 Å². The summed E-state index contributed by atoms with van der Waals surface area (Å²) in [7, 11) is 1.69. The molecule has 16 heavy (non-hydrogen) atoms. The fraction of sp³-hybridized carbons (Fsp3) is 0.500. The van der Waals surface area contributed by atoms with E-state index in [1.807, 2.05) is 30.0 Å². The molecule has 4 heteroatoms. The molecule has 0 saturated carbocycles. The molecule has 0 atom stereocenters. The van der Waals surface area contributed by atoms with Crippen molar-refractivity contribution in [3.05, 3.63) is 22.7 Å². The second-order valence-corrected chi connectivity index (χ2v) is 5.31. The second-order valence-electron chi connectivity index (χ2n) is 3.47. The van der Waals surface area contributed by atoms with Crippen molar-refractivity contribution in [1.29, 1.82) is 0 Å². The van der Waals surface area contributed by atoms with Crippen molar-refractivity contribution in [1.82, 2.24) is 0 Å². The van der Waals surface area contributed by atoms with E-state index in [4.69, 9.17) is 4.74 Å². The van der Waals surface area contributed by atoms with Crippen LogP contribution >= 0.6 is 27.7 Å². The third-order valence-corrected chi connectivity index (χ3v) is 3.65. The Morgan fingerprint density at radius 1 is 1.38 bits per heavy atom. The molecule has 0 radical (unpaired) electrons. The molecule has 0 aliphatic rings. The molecule has 1 N–H and O–H groups in total. The van der Waals surface area contributed by atoms with E-state index in [-0.39, 0.29) is 0 Å². The molecular formula is C12H18BrNOS. The van der Waals surface area contributed by atoms with Crippen LogP contribution in [0.5, 0.6) is 5.75 Å². The number of rotatable bonds is 7. The lowest BCUT2D eigenvalue weighted by molar-refractivity contribution is 0.415. The minimum Gasteiger partial charge on any atom is -0.497 e. The Morgan fingerprint density at radius 2 is 2.19 bits per heavy atom. The number of methoxy groups -OCH3 is 1. The summed E-state index contributed by atoms with van der Waals surface area (Å²) < 4.78 is 6.27. The highest BCUT2D eigenvalue weighted by Gasteiger charge is 2.00. The summed E-state index contributed by atoms with van der Waals surface area (Å²) >= 11 is 5.42. The van der Waals surface area contributed by atoms with Crippen molar-refractivity contribution in [2.24, 2.45) is 0 Å². The minimum atomic E-state index is 0.884. The van der Waals surface area contributed by atoms with Gasteiger partial charge in [0.2, 0.25) is 0 Å². The van der Waals surface area contributed by atoms with Gasteiger partial charge in [0.05, 0.1) is 12.8 Å². The normalized spacial score (nSPS) is 10.2. The summed E-state index contributed by atoms with van der Waals surface area (Å²) in [6.45, 7) is 1.01. The minimum absolute atomic E-state index is 0.884. The molecule has 2 nitrogen and oxygen atoms in total. The molecule has 0 aromatic heterocycles. The molecule has 0 amide bonds. The Kier molecular flexibility index (Phi) is 6.73. The zero-order valence-electron chi connectivity index (χ0n) is 9.75. The number of anilines is 1. The molecule has 0 unspecified atom stereocenters. The van der Waals surface area contributed by atoms with Gasteiger partial charge < -0.3 is 10.1 Å². The van der Waals surface area contributed by atoms with Crippen molar-refractivity contribution in [3.8, 4) is 5.75 Å². The van der Waals surface area contributed by atoms with Gasteiger partial charge in [-0.15, -0.1) is 0 Å². The lowest BCUT2D eigenvalue weighted by Gasteiger charge is -2.10. The van der Waals surface area contributed by atoms with E-state index in [9.17, 15) is 0 Å². The fourth-order valence-corrected chi connectivity index (χ4v) is 2.24. The van der Waals surface area contributed by atoms with Crippen LogP contribution in [-0.4, -0.2) is 25.7 Å². The molecule has 0 aliphatic carbocycles. The van der Waals surface area contributed by atoms with E-state index in [1.165, 1.54) is 18.6 Å². The molecule has 0 heterocycles. The number of thioether (sulfide) groups is 1. The fourth-order valence-electron chi connectivity index (χ4n) is 1.36. The third kappa shape index (κ3) is 4.66. The summed E-state index contributed by atoms with van der Waals surface area (Å²) in [6, 6.07) is 5.96. The maximum atomic E-state index is 5.19. The van der Waals surface area contributed by atoms with E-state index < -0.39 is 0 Å². The number of ether oxygens (including phenoxy) is 1. The summed E-state index contributed by atoms with van der Waals surface area (Å²) in [5, 5.41) is 3.41. The molecular weight excluding hydrogens is 286 g/mol. The van der Waals surface area contributed by atoms with Crippen molar-refractivity contribution >= 4 is 33.4 Å². The Bertz CT molecular complexity index is 320. The van der Waals surface area contributed by atoms with Gasteiger partial charge in [-0.25, -0.2) is 0 Å². The standard InChI is InChI=1S/C12H18BrNOS/c1-15-10-5-6-11(13)12(9-10)14-7-3-4-8-16-2/h5-6,9,14H,3-4,7-8H2,1-2H3. The lowest BCUT2D eigenvalue weighted by Crippen LogP contribution is -2.02. The van der Waals surface area contributed by atoms with Crippen molar-refractivity contribution < 1.29 is 4.74 Å². The first kappa shape index (κ1) is 13.7. The molecule has 1 aromatic carbocycles. The first-order chi connectivity index (χ1) is 7.77. The van der Waals surface area contributed by atoms with Gasteiger partial charge >= 0.3 is 0 Å². The lowest BCUT2D eigenvalue weighted by atomic mass is 10.3. The topological polar surface area (TPSA) is 21.3 Å². The Hall–Kier alpha value is -0.350. The molecule has 90 valence electrons. The average Bonchev–Trinajstić information content (AvgIpc) is 2.31. The van der Waals surface area contributed by atoms with E-state index in [0.29, 0.717) is 0 Å². The molecule has 0 fully saturated rings. The van der Waals surface area contributed by atoms with Crippen LogP contribution in [0.4, 0.5) is 5.69 Å². The predicted molar refractivity (Wildman–Crippen MR) is 76.8 cm³/mol. The average molecular weight is 304 g/mol. The number of nitrogens with one attached hydrogen (secondary N) is 1. The number of hydrogen-bond donors (Lipinski definition) is 1. The first-order valence-corrected chi connectivity index (χ1v) is 7.53. The SMILES string of the molecule is COc1ccc(Br)c(NCCCCSC)c1. The molecule has 0 spiro atoms. The summed E-state index contributed by atoms with van der Waals surface area (Å²) in [6.07, 6.45) is 4.60. The van der Waals surface area contributed by atoms with Gasteiger partial charge in [-0.2, -0.15) is 11.8 Å². The number of unbranched alkanes of at least 4 members (excludes halogenated alkanes) is 1. The molecule has 0 aliphatic heterocycles. The Labute approximate surface area is 110 Å². The Balaban J connectivity index is 2.40. The van der Waals surface area contributed by atoms with E-state index in [1.54, 1.807) is 7.11 Å². The van der Waals surface area contributed by atoms with Gasteiger partial charge in [0.1, 0.15) is 5.75 Å². The monoisotopic (exact) mass is 303 g/mol. The van der Waals surface area contributed by atoms with E-state index in [0.717, 1.165) is 22.5 Å². The summed E-state index contributed by atoms with van der Waals surface area (Å²) in [5.41, 5.74) is 1.10. The maximum absolute atomic E-state index is 5.19.